The Balaban J connectivity index is 1.40. The second-order valence-corrected chi connectivity index (χ2v) is 9.57. The maximum Gasteiger partial charge on any atom is 0.306 e. The summed E-state index contributed by atoms with van der Waals surface area (Å²) in [6.07, 6.45) is 0.193. The number of nitrogens with one attached hydrogen (secondary N) is 2. The van der Waals surface area contributed by atoms with Crippen LogP contribution in [0, 0.1) is 17.0 Å². The molecular formula is C30H33N3O8. The molecule has 216 valence electrons. The molecule has 0 atom stereocenters. The number of benzene rings is 3. The number of anilines is 2. The largest absolute Gasteiger partial charge is 0.497 e. The van der Waals surface area contributed by atoms with Crippen molar-refractivity contribution in [1.29, 1.82) is 0 Å². The number of nitro benzene ring substituents is 1. The van der Waals surface area contributed by atoms with Gasteiger partial charge in [-0.1, -0.05) is 26.0 Å². The molecule has 0 saturated carbocycles. The van der Waals surface area contributed by atoms with E-state index in [0.717, 1.165) is 16.9 Å². The molecule has 2 amide bonds. The molecular weight excluding hydrogens is 530 g/mol. The molecule has 0 bridgehead atoms. The highest BCUT2D eigenvalue weighted by atomic mass is 16.6. The second-order valence-electron chi connectivity index (χ2n) is 9.57. The van der Waals surface area contributed by atoms with E-state index in [1.165, 1.54) is 25.3 Å². The van der Waals surface area contributed by atoms with E-state index in [4.69, 9.17) is 14.2 Å². The third-order valence-electron chi connectivity index (χ3n) is 5.98. The van der Waals surface area contributed by atoms with Crippen LogP contribution < -0.4 is 20.1 Å². The molecule has 41 heavy (non-hydrogen) atoms. The van der Waals surface area contributed by atoms with Gasteiger partial charge in [0.1, 0.15) is 22.9 Å². The van der Waals surface area contributed by atoms with E-state index < -0.39 is 23.4 Å². The summed E-state index contributed by atoms with van der Waals surface area (Å²) in [6.45, 7) is 5.58. The number of hydrogen-bond donors (Lipinski definition) is 2. The fraction of sp³-hybridized carbons (Fsp3) is 0.300. The smallest absolute Gasteiger partial charge is 0.306 e. The lowest BCUT2D eigenvalue weighted by molar-refractivity contribution is -0.383. The van der Waals surface area contributed by atoms with E-state index in [9.17, 15) is 24.5 Å². The van der Waals surface area contributed by atoms with Crippen molar-refractivity contribution in [3.05, 3.63) is 81.9 Å². The number of rotatable bonds is 13. The predicted molar refractivity (Wildman–Crippen MR) is 154 cm³/mol. The van der Waals surface area contributed by atoms with Gasteiger partial charge in [0, 0.05) is 30.7 Å². The fourth-order valence-electron chi connectivity index (χ4n) is 3.86. The summed E-state index contributed by atoms with van der Waals surface area (Å²) in [6, 6.07) is 17.0. The number of nitrogens with zero attached hydrogens (tertiary/aromatic N) is 1. The van der Waals surface area contributed by atoms with Crippen LogP contribution in [0.5, 0.6) is 17.2 Å². The summed E-state index contributed by atoms with van der Waals surface area (Å²) in [5, 5.41) is 16.3. The zero-order chi connectivity index (χ0) is 29.9. The highest BCUT2D eigenvalue weighted by Crippen LogP contribution is 2.32. The Labute approximate surface area is 238 Å². The van der Waals surface area contributed by atoms with Crippen molar-refractivity contribution in [1.82, 2.24) is 0 Å². The molecule has 0 radical (unpaired) electrons. The molecule has 0 heterocycles. The number of nitro groups is 1. The Morgan fingerprint density at radius 3 is 2.27 bits per heavy atom. The van der Waals surface area contributed by atoms with Gasteiger partial charge in [-0.15, -0.1) is 0 Å². The van der Waals surface area contributed by atoms with E-state index in [-0.39, 0.29) is 36.5 Å². The Bertz CT molecular complexity index is 1400. The minimum absolute atomic E-state index is 0.0661. The third-order valence-corrected chi connectivity index (χ3v) is 5.98. The van der Waals surface area contributed by atoms with Crippen LogP contribution in [0.25, 0.3) is 0 Å². The zero-order valence-corrected chi connectivity index (χ0v) is 23.4. The van der Waals surface area contributed by atoms with Gasteiger partial charge in [-0.25, -0.2) is 0 Å². The average Bonchev–Trinajstić information content (AvgIpc) is 2.92. The van der Waals surface area contributed by atoms with E-state index >= 15 is 0 Å². The highest BCUT2D eigenvalue weighted by molar-refractivity contribution is 5.95. The number of amides is 2. The van der Waals surface area contributed by atoms with Crippen LogP contribution in [0.15, 0.2) is 60.7 Å². The van der Waals surface area contributed by atoms with Gasteiger partial charge in [-0.3, -0.25) is 24.5 Å². The van der Waals surface area contributed by atoms with E-state index in [2.05, 4.69) is 36.6 Å². The second kappa shape index (κ2) is 14.5. The normalized spacial score (nSPS) is 10.6. The predicted octanol–water partition coefficient (Wildman–Crippen LogP) is 6.12. The number of esters is 1. The van der Waals surface area contributed by atoms with E-state index in [1.807, 2.05) is 13.0 Å². The summed E-state index contributed by atoms with van der Waals surface area (Å²) in [5.41, 5.74) is 2.38. The first-order valence-electron chi connectivity index (χ1n) is 13.0. The summed E-state index contributed by atoms with van der Waals surface area (Å²) >= 11 is 0. The Hall–Kier alpha value is -4.93. The lowest BCUT2D eigenvalue weighted by Gasteiger charge is -2.15. The van der Waals surface area contributed by atoms with Crippen molar-refractivity contribution in [2.45, 2.75) is 46.0 Å². The minimum Gasteiger partial charge on any atom is -0.497 e. The first-order chi connectivity index (χ1) is 19.5. The van der Waals surface area contributed by atoms with Crippen molar-refractivity contribution < 1.29 is 33.5 Å². The molecule has 3 aromatic rings. The fourth-order valence-corrected chi connectivity index (χ4v) is 3.86. The van der Waals surface area contributed by atoms with Crippen LogP contribution in [-0.2, 0) is 19.1 Å². The lowest BCUT2D eigenvalue weighted by atomic mass is 10.0. The zero-order valence-electron chi connectivity index (χ0n) is 23.4. The molecule has 0 aliphatic carbocycles. The maximum atomic E-state index is 12.3. The van der Waals surface area contributed by atoms with Crippen molar-refractivity contribution in [2.75, 3.05) is 24.4 Å². The first kappa shape index (κ1) is 30.6. The topological polar surface area (TPSA) is 146 Å². The third kappa shape index (κ3) is 9.34. The summed E-state index contributed by atoms with van der Waals surface area (Å²) in [7, 11) is 1.38. The van der Waals surface area contributed by atoms with Gasteiger partial charge in [0.15, 0.2) is 6.61 Å². The average molecular weight is 564 g/mol. The van der Waals surface area contributed by atoms with Crippen molar-refractivity contribution in [3.8, 4) is 17.2 Å². The molecule has 0 saturated heterocycles. The minimum atomic E-state index is -0.747. The van der Waals surface area contributed by atoms with Gasteiger partial charge in [0.2, 0.25) is 5.91 Å². The SMILES string of the molecule is COc1ccc([N+](=O)[O-])c(NC(=O)COC(=O)CCCC(=O)Nc2ccc(Oc3cc(C)ccc3C(C)C)cc2)c1. The van der Waals surface area contributed by atoms with Crippen LogP contribution in [0.1, 0.15) is 50.2 Å². The summed E-state index contributed by atoms with van der Waals surface area (Å²) < 4.78 is 16.0. The Morgan fingerprint density at radius 1 is 0.902 bits per heavy atom. The van der Waals surface area contributed by atoms with Gasteiger partial charge in [-0.05, 0) is 66.8 Å². The number of carbonyl (C=O) groups excluding carboxylic acids is 3. The maximum absolute atomic E-state index is 12.3. The van der Waals surface area contributed by atoms with Gasteiger partial charge in [0.05, 0.1) is 12.0 Å². The standard InChI is InChI=1S/C30H33N3O8/c1-19(2)24-14-8-20(3)16-27(24)41-22-11-9-21(10-12-22)31-28(34)6-5-7-30(36)40-18-29(35)32-25-17-23(39-4)13-15-26(25)33(37)38/h8-17,19H,5-7,18H2,1-4H3,(H,31,34)(H,32,35). The lowest BCUT2D eigenvalue weighted by Crippen LogP contribution is -2.21. The molecule has 11 heteroatoms. The van der Waals surface area contributed by atoms with Gasteiger partial charge in [0.25, 0.3) is 11.6 Å². The van der Waals surface area contributed by atoms with Crippen molar-refractivity contribution in [2.24, 2.45) is 0 Å². The van der Waals surface area contributed by atoms with Crippen LogP contribution >= 0.6 is 0 Å². The molecule has 0 aliphatic rings. The van der Waals surface area contributed by atoms with Crippen LogP contribution in [0.4, 0.5) is 17.1 Å². The van der Waals surface area contributed by atoms with Crippen molar-refractivity contribution in [3.63, 3.8) is 0 Å². The summed E-state index contributed by atoms with van der Waals surface area (Å²) in [4.78, 5) is 47.0. The van der Waals surface area contributed by atoms with Crippen LogP contribution in [-0.4, -0.2) is 36.4 Å². The molecule has 0 unspecified atom stereocenters. The van der Waals surface area contributed by atoms with Gasteiger partial charge < -0.3 is 24.8 Å². The van der Waals surface area contributed by atoms with Crippen molar-refractivity contribution >= 4 is 34.8 Å². The Kier molecular flexibility index (Phi) is 10.8. The highest BCUT2D eigenvalue weighted by Gasteiger charge is 2.18. The molecule has 2 N–H and O–H groups in total. The van der Waals surface area contributed by atoms with E-state index in [0.29, 0.717) is 23.1 Å². The number of carbonyl (C=O) groups is 3. The number of methoxy groups -OCH3 is 1. The van der Waals surface area contributed by atoms with Crippen LogP contribution in [0.3, 0.4) is 0 Å². The van der Waals surface area contributed by atoms with E-state index in [1.54, 1.807) is 24.3 Å². The van der Waals surface area contributed by atoms with Crippen LogP contribution in [0.2, 0.25) is 0 Å². The van der Waals surface area contributed by atoms with Gasteiger partial charge >= 0.3 is 5.97 Å². The molecule has 11 nitrogen and oxygen atoms in total. The Morgan fingerprint density at radius 2 is 1.61 bits per heavy atom. The molecule has 0 fully saturated rings. The monoisotopic (exact) mass is 563 g/mol. The molecule has 3 rings (SSSR count). The molecule has 0 spiro atoms. The van der Waals surface area contributed by atoms with Gasteiger partial charge in [-0.2, -0.15) is 0 Å². The number of ether oxygens (including phenoxy) is 3. The molecule has 3 aromatic carbocycles. The number of hydrogen-bond acceptors (Lipinski definition) is 8. The number of aryl methyl sites for hydroxylation is 1. The molecule has 0 aliphatic heterocycles. The first-order valence-corrected chi connectivity index (χ1v) is 13.0. The molecule has 0 aromatic heterocycles. The summed E-state index contributed by atoms with van der Waals surface area (Å²) in [5.74, 6) is 0.352. The quantitative estimate of drug-likeness (QED) is 0.144.